The van der Waals surface area contributed by atoms with E-state index in [1.165, 1.54) is 6.07 Å². The first-order valence-electron chi connectivity index (χ1n) is 10.5. The minimum atomic E-state index is -4.40. The number of benzene rings is 2. The van der Waals surface area contributed by atoms with Gasteiger partial charge in [-0.1, -0.05) is 24.3 Å². The average Bonchev–Trinajstić information content (AvgIpc) is 3.16. The summed E-state index contributed by atoms with van der Waals surface area (Å²) in [6, 6.07) is 10.1. The van der Waals surface area contributed by atoms with E-state index in [9.17, 15) is 18.0 Å². The first-order valence-corrected chi connectivity index (χ1v) is 10.5. The maximum Gasteiger partial charge on any atom is 0.416 e. The molecule has 31 heavy (non-hydrogen) atoms. The molecule has 5 nitrogen and oxygen atoms in total. The Kier molecular flexibility index (Phi) is 5.04. The third-order valence-corrected chi connectivity index (χ3v) is 6.46. The zero-order chi connectivity index (χ0) is 21.6. The molecular formula is C23H23F3N2O3. The first kappa shape index (κ1) is 20.2. The summed E-state index contributed by atoms with van der Waals surface area (Å²) in [5.74, 6) is 0.987. The summed E-state index contributed by atoms with van der Waals surface area (Å²) in [6.45, 7) is 3.20. The van der Waals surface area contributed by atoms with Crippen molar-refractivity contribution < 1.29 is 27.4 Å². The molecule has 0 aromatic heterocycles. The van der Waals surface area contributed by atoms with Crippen molar-refractivity contribution in [3.05, 3.63) is 53.6 Å². The second kappa shape index (κ2) is 7.75. The Morgan fingerprint density at radius 2 is 1.87 bits per heavy atom. The molecule has 0 radical (unpaired) electrons. The Labute approximate surface area is 178 Å². The van der Waals surface area contributed by atoms with Gasteiger partial charge in [0.15, 0.2) is 0 Å². The van der Waals surface area contributed by atoms with Crippen LogP contribution >= 0.6 is 0 Å². The van der Waals surface area contributed by atoms with Crippen molar-refractivity contribution in [2.75, 3.05) is 26.2 Å². The van der Waals surface area contributed by atoms with Crippen LogP contribution in [0.2, 0.25) is 0 Å². The molecule has 3 fully saturated rings. The van der Waals surface area contributed by atoms with Gasteiger partial charge in [0.2, 0.25) is 0 Å². The summed E-state index contributed by atoms with van der Waals surface area (Å²) in [5.41, 5.74) is 1.18. The Bertz CT molecular complexity index is 986. The number of hydrogen-bond donors (Lipinski definition) is 1. The second-order valence-corrected chi connectivity index (χ2v) is 8.42. The Hall–Kier alpha value is -2.74. The molecule has 0 aliphatic carbocycles. The topological polar surface area (TPSA) is 50.8 Å². The normalized spacial score (nSPS) is 26.8. The average molecular weight is 432 g/mol. The lowest BCUT2D eigenvalue weighted by molar-refractivity contribution is -0.137. The predicted octanol–water partition coefficient (Wildman–Crippen LogP) is 4.63. The Balaban J connectivity index is 1.27. The molecule has 164 valence electrons. The van der Waals surface area contributed by atoms with E-state index in [-0.39, 0.29) is 18.8 Å². The highest BCUT2D eigenvalue weighted by Gasteiger charge is 2.37. The standard InChI is InChI=1S/C23H23F3N2O3/c24-23(25,26)17-3-1-2-15(10-17)16-4-5-18-19(13-30-20(18)11-16)27-22(29)31-21-12-28-8-6-14(21)7-9-28/h1-5,10-11,14,19,21H,6-9,12-13H2,(H,27,29)/t19?,21-/m0/s1. The van der Waals surface area contributed by atoms with Crippen LogP contribution in [0.3, 0.4) is 0 Å². The molecule has 8 heteroatoms. The van der Waals surface area contributed by atoms with Gasteiger partial charge in [0, 0.05) is 12.1 Å². The molecule has 2 aromatic carbocycles. The zero-order valence-electron chi connectivity index (χ0n) is 16.8. The van der Waals surface area contributed by atoms with Crippen LogP contribution in [0.1, 0.15) is 30.0 Å². The molecule has 6 rings (SSSR count). The Morgan fingerprint density at radius 1 is 1.10 bits per heavy atom. The van der Waals surface area contributed by atoms with E-state index in [2.05, 4.69) is 10.2 Å². The molecule has 2 bridgehead atoms. The van der Waals surface area contributed by atoms with E-state index in [1.54, 1.807) is 24.3 Å². The highest BCUT2D eigenvalue weighted by atomic mass is 19.4. The number of nitrogens with one attached hydrogen (secondary N) is 1. The molecule has 0 saturated carbocycles. The van der Waals surface area contributed by atoms with Crippen LogP contribution in [-0.4, -0.2) is 43.3 Å². The van der Waals surface area contributed by atoms with Crippen molar-refractivity contribution in [3.8, 4) is 16.9 Å². The number of ether oxygens (including phenoxy) is 2. The van der Waals surface area contributed by atoms with Gasteiger partial charge in [-0.2, -0.15) is 13.2 Å². The summed E-state index contributed by atoms with van der Waals surface area (Å²) in [7, 11) is 0. The van der Waals surface area contributed by atoms with E-state index in [0.717, 1.165) is 50.2 Å². The van der Waals surface area contributed by atoms with E-state index >= 15 is 0 Å². The molecule has 4 heterocycles. The van der Waals surface area contributed by atoms with Crippen molar-refractivity contribution in [1.29, 1.82) is 0 Å². The fourth-order valence-electron chi connectivity index (χ4n) is 4.74. The summed E-state index contributed by atoms with van der Waals surface area (Å²) in [5, 5.41) is 2.88. The van der Waals surface area contributed by atoms with Crippen LogP contribution in [0.25, 0.3) is 11.1 Å². The van der Waals surface area contributed by atoms with E-state index in [4.69, 9.17) is 9.47 Å². The van der Waals surface area contributed by atoms with E-state index < -0.39 is 17.8 Å². The van der Waals surface area contributed by atoms with Crippen LogP contribution in [-0.2, 0) is 10.9 Å². The lowest BCUT2D eigenvalue weighted by Crippen LogP contribution is -2.52. The minimum absolute atomic E-state index is 0.0763. The molecule has 2 atom stereocenters. The predicted molar refractivity (Wildman–Crippen MR) is 108 cm³/mol. The third-order valence-electron chi connectivity index (χ3n) is 6.46. The number of fused-ring (bicyclic) bond motifs is 4. The highest BCUT2D eigenvalue weighted by Crippen LogP contribution is 2.38. The number of amides is 1. The number of rotatable bonds is 3. The number of nitrogens with zero attached hydrogens (tertiary/aromatic N) is 1. The highest BCUT2D eigenvalue weighted by molar-refractivity contribution is 5.70. The van der Waals surface area contributed by atoms with E-state index in [1.807, 2.05) is 0 Å². The molecular weight excluding hydrogens is 409 g/mol. The molecule has 1 N–H and O–H groups in total. The van der Waals surface area contributed by atoms with Crippen molar-refractivity contribution in [2.24, 2.45) is 5.92 Å². The smallest absolute Gasteiger partial charge is 0.416 e. The largest absolute Gasteiger partial charge is 0.491 e. The summed E-state index contributed by atoms with van der Waals surface area (Å²) in [6.07, 6.45) is -2.81. The fourth-order valence-corrected chi connectivity index (χ4v) is 4.74. The fraction of sp³-hybridized carbons (Fsp3) is 0.435. The number of alkyl carbamates (subject to hydrolysis) is 1. The Morgan fingerprint density at radius 3 is 2.58 bits per heavy atom. The lowest BCUT2D eigenvalue weighted by atomic mass is 9.86. The number of halogens is 3. The van der Waals surface area contributed by atoms with E-state index in [0.29, 0.717) is 22.8 Å². The van der Waals surface area contributed by atoms with Crippen LogP contribution in [0.15, 0.2) is 42.5 Å². The van der Waals surface area contributed by atoms with Crippen LogP contribution in [0.5, 0.6) is 5.75 Å². The van der Waals surface area contributed by atoms with Crippen molar-refractivity contribution in [1.82, 2.24) is 10.2 Å². The van der Waals surface area contributed by atoms with Crippen molar-refractivity contribution in [2.45, 2.75) is 31.2 Å². The van der Waals surface area contributed by atoms with Gasteiger partial charge in [-0.15, -0.1) is 0 Å². The molecule has 4 aliphatic rings. The monoisotopic (exact) mass is 432 g/mol. The SMILES string of the molecule is O=C(NC1COc2cc(-c3cccc(C(F)(F)F)c3)ccc21)O[C@H]1CN2CCC1CC2. The number of carbonyl (C=O) groups excluding carboxylic acids is 1. The number of carbonyl (C=O) groups is 1. The molecule has 2 aromatic rings. The summed E-state index contributed by atoms with van der Waals surface area (Å²) < 4.78 is 50.4. The van der Waals surface area contributed by atoms with Gasteiger partial charge < -0.3 is 14.8 Å². The molecule has 0 spiro atoms. The minimum Gasteiger partial charge on any atom is -0.491 e. The molecule has 1 amide bonds. The van der Waals surface area contributed by atoms with Gasteiger partial charge in [0.25, 0.3) is 0 Å². The number of hydrogen-bond acceptors (Lipinski definition) is 4. The maximum absolute atomic E-state index is 13.0. The summed E-state index contributed by atoms with van der Waals surface area (Å²) >= 11 is 0. The van der Waals surface area contributed by atoms with Crippen LogP contribution in [0, 0.1) is 5.92 Å². The maximum atomic E-state index is 13.0. The third kappa shape index (κ3) is 4.08. The van der Waals surface area contributed by atoms with Crippen molar-refractivity contribution >= 4 is 6.09 Å². The van der Waals surface area contributed by atoms with Crippen LogP contribution < -0.4 is 10.1 Å². The molecule has 1 unspecified atom stereocenters. The van der Waals surface area contributed by atoms with Crippen LogP contribution in [0.4, 0.5) is 18.0 Å². The second-order valence-electron chi connectivity index (χ2n) is 8.42. The first-order chi connectivity index (χ1) is 14.9. The van der Waals surface area contributed by atoms with Gasteiger partial charge in [-0.25, -0.2) is 4.79 Å². The van der Waals surface area contributed by atoms with Crippen molar-refractivity contribution in [3.63, 3.8) is 0 Å². The lowest BCUT2D eigenvalue weighted by Gasteiger charge is -2.43. The quantitative estimate of drug-likeness (QED) is 0.769. The van der Waals surface area contributed by atoms with Gasteiger partial charge in [0.05, 0.1) is 11.6 Å². The molecule has 4 aliphatic heterocycles. The number of piperidine rings is 3. The van der Waals surface area contributed by atoms with Gasteiger partial charge in [-0.05, 0) is 61.2 Å². The number of alkyl halides is 3. The van der Waals surface area contributed by atoms with Gasteiger partial charge in [0.1, 0.15) is 18.5 Å². The summed E-state index contributed by atoms with van der Waals surface area (Å²) in [4.78, 5) is 14.8. The molecule has 3 saturated heterocycles. The zero-order valence-corrected chi connectivity index (χ0v) is 16.8. The van der Waals surface area contributed by atoms with Gasteiger partial charge >= 0.3 is 12.3 Å². The van der Waals surface area contributed by atoms with Gasteiger partial charge in [-0.3, -0.25) is 4.90 Å².